The minimum absolute atomic E-state index is 0.942. The minimum Gasteiger partial charge on any atom is -0.385 e. The first-order valence-corrected chi connectivity index (χ1v) is 7.90. The van der Waals surface area contributed by atoms with Crippen molar-refractivity contribution in [2.45, 2.75) is 90.4 Å². The zero-order valence-electron chi connectivity index (χ0n) is 12.3. The van der Waals surface area contributed by atoms with Crippen LogP contribution in [0.3, 0.4) is 0 Å². The average Bonchev–Trinajstić information content (AvgIpc) is 2.35. The van der Waals surface area contributed by atoms with Gasteiger partial charge < -0.3 is 4.74 Å². The van der Waals surface area contributed by atoms with Gasteiger partial charge in [0.2, 0.25) is 0 Å². The molecular formula is C16H34O. The van der Waals surface area contributed by atoms with Gasteiger partial charge in [-0.15, -0.1) is 0 Å². The van der Waals surface area contributed by atoms with Crippen LogP contribution in [-0.2, 0) is 4.74 Å². The van der Waals surface area contributed by atoms with E-state index in [1.165, 1.54) is 83.5 Å². The normalized spacial score (nSPS) is 10.9. The van der Waals surface area contributed by atoms with Crippen molar-refractivity contribution in [2.75, 3.05) is 13.7 Å². The Hall–Kier alpha value is -0.0400. The number of unbranched alkanes of at least 4 members (excludes halogenated alkanes) is 12. The highest BCUT2D eigenvalue weighted by atomic mass is 16.5. The molecule has 0 saturated heterocycles. The van der Waals surface area contributed by atoms with E-state index in [0.29, 0.717) is 0 Å². The number of rotatable bonds is 14. The van der Waals surface area contributed by atoms with Crippen LogP contribution in [0.1, 0.15) is 90.4 Å². The zero-order chi connectivity index (χ0) is 12.6. The zero-order valence-corrected chi connectivity index (χ0v) is 12.3. The Labute approximate surface area is 109 Å². The Bertz CT molecular complexity index is 109. The standard InChI is InChI=1S/C16H34O/c1-3-4-5-6-7-8-9-10-11-12-13-14-15-16-17-2/h3-16H2,1-2H3. The maximum absolute atomic E-state index is 5.04. The van der Waals surface area contributed by atoms with Gasteiger partial charge in [-0.05, 0) is 6.42 Å². The van der Waals surface area contributed by atoms with E-state index in [9.17, 15) is 0 Å². The highest BCUT2D eigenvalue weighted by Gasteiger charge is 1.93. The summed E-state index contributed by atoms with van der Waals surface area (Å²) in [5.41, 5.74) is 0. The maximum atomic E-state index is 5.04. The number of methoxy groups -OCH3 is 1. The molecule has 0 aliphatic carbocycles. The summed E-state index contributed by atoms with van der Waals surface area (Å²) in [4.78, 5) is 0. The van der Waals surface area contributed by atoms with Gasteiger partial charge in [-0.25, -0.2) is 0 Å². The van der Waals surface area contributed by atoms with E-state index in [0.717, 1.165) is 6.61 Å². The Morgan fingerprint density at radius 2 is 0.882 bits per heavy atom. The summed E-state index contributed by atoms with van der Waals surface area (Å²) in [7, 11) is 1.79. The SMILES string of the molecule is CCCCCCCCCCCCCCCOC. The van der Waals surface area contributed by atoms with E-state index in [1.807, 2.05) is 0 Å². The number of hydrogen-bond acceptors (Lipinski definition) is 1. The predicted octanol–water partition coefficient (Wildman–Crippen LogP) is 5.72. The van der Waals surface area contributed by atoms with Crippen LogP contribution in [-0.4, -0.2) is 13.7 Å². The third-order valence-electron chi connectivity index (χ3n) is 3.45. The molecule has 0 saturated carbocycles. The van der Waals surface area contributed by atoms with Crippen molar-refractivity contribution >= 4 is 0 Å². The summed E-state index contributed by atoms with van der Waals surface area (Å²) in [5, 5.41) is 0. The van der Waals surface area contributed by atoms with Crippen molar-refractivity contribution in [2.24, 2.45) is 0 Å². The van der Waals surface area contributed by atoms with Gasteiger partial charge >= 0.3 is 0 Å². The second-order valence-electron chi connectivity index (χ2n) is 5.24. The van der Waals surface area contributed by atoms with Gasteiger partial charge in [0.25, 0.3) is 0 Å². The molecule has 0 atom stereocenters. The lowest BCUT2D eigenvalue weighted by Gasteiger charge is -2.02. The molecule has 0 aromatic carbocycles. The Kier molecular flexibility index (Phi) is 15.9. The second kappa shape index (κ2) is 16.0. The molecule has 0 fully saturated rings. The lowest BCUT2D eigenvalue weighted by Crippen LogP contribution is -1.88. The molecule has 0 heterocycles. The van der Waals surface area contributed by atoms with E-state index in [1.54, 1.807) is 7.11 Å². The van der Waals surface area contributed by atoms with E-state index >= 15 is 0 Å². The van der Waals surface area contributed by atoms with Gasteiger partial charge in [0.15, 0.2) is 0 Å². The van der Waals surface area contributed by atoms with Gasteiger partial charge in [-0.1, -0.05) is 84.0 Å². The third kappa shape index (κ3) is 16.0. The smallest absolute Gasteiger partial charge is 0.0462 e. The van der Waals surface area contributed by atoms with E-state index in [4.69, 9.17) is 4.74 Å². The van der Waals surface area contributed by atoms with Crippen molar-refractivity contribution in [3.63, 3.8) is 0 Å². The fraction of sp³-hybridized carbons (Fsp3) is 1.00. The second-order valence-corrected chi connectivity index (χ2v) is 5.24. The van der Waals surface area contributed by atoms with Crippen LogP contribution >= 0.6 is 0 Å². The Morgan fingerprint density at radius 3 is 1.24 bits per heavy atom. The lowest BCUT2D eigenvalue weighted by atomic mass is 10.0. The molecule has 0 spiro atoms. The molecule has 1 nitrogen and oxygen atoms in total. The van der Waals surface area contributed by atoms with Crippen LogP contribution < -0.4 is 0 Å². The molecule has 0 amide bonds. The molecule has 0 aromatic heterocycles. The van der Waals surface area contributed by atoms with Gasteiger partial charge in [-0.2, -0.15) is 0 Å². The van der Waals surface area contributed by atoms with Gasteiger partial charge in [0.1, 0.15) is 0 Å². The molecule has 104 valence electrons. The van der Waals surface area contributed by atoms with Crippen molar-refractivity contribution in [1.82, 2.24) is 0 Å². The molecule has 0 aromatic rings. The van der Waals surface area contributed by atoms with Gasteiger partial charge in [0, 0.05) is 13.7 Å². The maximum Gasteiger partial charge on any atom is 0.0462 e. The van der Waals surface area contributed by atoms with Gasteiger partial charge in [0.05, 0.1) is 0 Å². The van der Waals surface area contributed by atoms with Crippen molar-refractivity contribution in [3.05, 3.63) is 0 Å². The molecule has 0 radical (unpaired) electrons. The first-order valence-electron chi connectivity index (χ1n) is 7.90. The van der Waals surface area contributed by atoms with E-state index in [2.05, 4.69) is 6.92 Å². The summed E-state index contributed by atoms with van der Waals surface area (Å²) in [6, 6.07) is 0. The molecule has 0 aliphatic rings. The average molecular weight is 242 g/mol. The quantitative estimate of drug-likeness (QED) is 0.354. The summed E-state index contributed by atoms with van der Waals surface area (Å²) in [6.07, 6.45) is 18.4. The van der Waals surface area contributed by atoms with Crippen molar-refractivity contribution < 1.29 is 4.74 Å². The summed E-state index contributed by atoms with van der Waals surface area (Å²) in [6.45, 7) is 3.23. The van der Waals surface area contributed by atoms with Crippen LogP contribution in [0.25, 0.3) is 0 Å². The fourth-order valence-corrected chi connectivity index (χ4v) is 2.26. The van der Waals surface area contributed by atoms with E-state index in [-0.39, 0.29) is 0 Å². The molecule has 17 heavy (non-hydrogen) atoms. The fourth-order valence-electron chi connectivity index (χ4n) is 2.26. The summed E-state index contributed by atoms with van der Waals surface area (Å²) in [5.74, 6) is 0. The Morgan fingerprint density at radius 1 is 0.529 bits per heavy atom. The van der Waals surface area contributed by atoms with Crippen molar-refractivity contribution in [1.29, 1.82) is 0 Å². The van der Waals surface area contributed by atoms with Crippen LogP contribution in [0.5, 0.6) is 0 Å². The van der Waals surface area contributed by atoms with Crippen LogP contribution in [0.15, 0.2) is 0 Å². The Balaban J connectivity index is 2.85. The predicted molar refractivity (Wildman–Crippen MR) is 77.6 cm³/mol. The first kappa shape index (κ1) is 17.0. The summed E-state index contributed by atoms with van der Waals surface area (Å²) >= 11 is 0. The highest BCUT2D eigenvalue weighted by Crippen LogP contribution is 2.12. The molecule has 1 heteroatoms. The minimum atomic E-state index is 0.942. The van der Waals surface area contributed by atoms with Crippen molar-refractivity contribution in [3.8, 4) is 0 Å². The molecule has 0 aliphatic heterocycles. The lowest BCUT2D eigenvalue weighted by molar-refractivity contribution is 0.192. The highest BCUT2D eigenvalue weighted by molar-refractivity contribution is 4.48. The van der Waals surface area contributed by atoms with Gasteiger partial charge in [-0.3, -0.25) is 0 Å². The largest absolute Gasteiger partial charge is 0.385 e. The molecular weight excluding hydrogens is 208 g/mol. The molecule has 0 N–H and O–H groups in total. The summed E-state index contributed by atoms with van der Waals surface area (Å²) < 4.78 is 5.04. The topological polar surface area (TPSA) is 9.23 Å². The van der Waals surface area contributed by atoms with E-state index < -0.39 is 0 Å². The van der Waals surface area contributed by atoms with Crippen LogP contribution in [0.2, 0.25) is 0 Å². The molecule has 0 bridgehead atoms. The molecule has 0 rings (SSSR count). The van der Waals surface area contributed by atoms with Crippen LogP contribution in [0, 0.1) is 0 Å². The third-order valence-corrected chi connectivity index (χ3v) is 3.45. The number of ether oxygens (including phenoxy) is 1. The van der Waals surface area contributed by atoms with Crippen LogP contribution in [0.4, 0.5) is 0 Å². The number of hydrogen-bond donors (Lipinski definition) is 0. The monoisotopic (exact) mass is 242 g/mol. The first-order chi connectivity index (χ1) is 8.41. The molecule has 0 unspecified atom stereocenters.